The Morgan fingerprint density at radius 1 is 1.11 bits per heavy atom. The quantitative estimate of drug-likeness (QED) is 0.799. The van der Waals surface area contributed by atoms with Gasteiger partial charge in [0.15, 0.2) is 0 Å². The number of carbonyl (C=O) groups is 1. The number of nitrogens with zero attached hydrogens (tertiary/aromatic N) is 5. The molecule has 2 aliphatic heterocycles. The Bertz CT molecular complexity index is 791. The van der Waals surface area contributed by atoms with Crippen molar-refractivity contribution in [3.05, 3.63) is 48.4 Å². The Labute approximate surface area is 167 Å². The summed E-state index contributed by atoms with van der Waals surface area (Å²) in [6.45, 7) is 4.54. The minimum absolute atomic E-state index is 0.0136. The molecule has 148 valence electrons. The van der Waals surface area contributed by atoms with Crippen LogP contribution in [0.15, 0.2) is 42.9 Å². The van der Waals surface area contributed by atoms with Crippen LogP contribution in [0.4, 0.5) is 11.5 Å². The van der Waals surface area contributed by atoms with Crippen LogP contribution in [-0.2, 0) is 11.3 Å². The Hall–Kier alpha value is -2.63. The Kier molecular flexibility index (Phi) is 5.74. The van der Waals surface area contributed by atoms with Gasteiger partial charge in [-0.25, -0.2) is 4.98 Å². The summed E-state index contributed by atoms with van der Waals surface area (Å²) in [5.74, 6) is 1.10. The third kappa shape index (κ3) is 4.11. The summed E-state index contributed by atoms with van der Waals surface area (Å²) < 4.78 is 0. The molecule has 1 atom stereocenters. The molecule has 0 aliphatic carbocycles. The van der Waals surface area contributed by atoms with Gasteiger partial charge in [-0.3, -0.25) is 9.78 Å². The van der Waals surface area contributed by atoms with Crippen molar-refractivity contribution in [1.82, 2.24) is 14.9 Å². The number of hydrogen-bond acceptors (Lipinski definition) is 5. The maximum atomic E-state index is 13.2. The van der Waals surface area contributed by atoms with Crippen molar-refractivity contribution in [2.24, 2.45) is 5.92 Å². The highest BCUT2D eigenvalue weighted by Gasteiger charge is 2.29. The van der Waals surface area contributed by atoms with Crippen LogP contribution in [0.1, 0.15) is 31.2 Å². The Morgan fingerprint density at radius 3 is 2.68 bits per heavy atom. The fourth-order valence-electron chi connectivity index (χ4n) is 4.40. The number of para-hydroxylation sites is 1. The molecule has 4 rings (SSSR count). The largest absolute Gasteiger partial charge is 0.371 e. The van der Waals surface area contributed by atoms with Gasteiger partial charge in [0.25, 0.3) is 0 Å². The normalized spacial score (nSPS) is 19.7. The number of carbonyl (C=O) groups excluding carboxylic acids is 1. The summed E-state index contributed by atoms with van der Waals surface area (Å²) in [5.41, 5.74) is 2.52. The van der Waals surface area contributed by atoms with E-state index in [2.05, 4.69) is 44.0 Å². The van der Waals surface area contributed by atoms with E-state index in [4.69, 9.17) is 0 Å². The molecule has 2 aliphatic rings. The van der Waals surface area contributed by atoms with Crippen molar-refractivity contribution in [3.8, 4) is 0 Å². The number of anilines is 2. The van der Waals surface area contributed by atoms with Crippen molar-refractivity contribution in [2.75, 3.05) is 43.0 Å². The summed E-state index contributed by atoms with van der Waals surface area (Å²) >= 11 is 0. The smallest absolute Gasteiger partial charge is 0.227 e. The summed E-state index contributed by atoms with van der Waals surface area (Å²) in [7, 11) is 1.93. The molecule has 1 amide bonds. The van der Waals surface area contributed by atoms with E-state index in [0.717, 1.165) is 44.8 Å². The first-order valence-electron chi connectivity index (χ1n) is 10.3. The van der Waals surface area contributed by atoms with Crippen LogP contribution in [0, 0.1) is 5.92 Å². The number of benzene rings is 1. The van der Waals surface area contributed by atoms with E-state index in [1.807, 2.05) is 11.9 Å². The van der Waals surface area contributed by atoms with E-state index in [-0.39, 0.29) is 11.8 Å². The second-order valence-electron chi connectivity index (χ2n) is 7.87. The van der Waals surface area contributed by atoms with Crippen molar-refractivity contribution >= 4 is 17.4 Å². The monoisotopic (exact) mass is 379 g/mol. The average molecular weight is 380 g/mol. The molecule has 1 aromatic heterocycles. The molecule has 3 heterocycles. The van der Waals surface area contributed by atoms with Crippen molar-refractivity contribution in [2.45, 2.75) is 32.2 Å². The molecule has 0 saturated carbocycles. The topological polar surface area (TPSA) is 52.6 Å². The zero-order chi connectivity index (χ0) is 19.3. The number of piperidine rings is 1. The van der Waals surface area contributed by atoms with E-state index >= 15 is 0 Å². The third-order valence-corrected chi connectivity index (χ3v) is 5.87. The Balaban J connectivity index is 1.42. The van der Waals surface area contributed by atoms with Crippen molar-refractivity contribution in [1.29, 1.82) is 0 Å². The molecular weight excluding hydrogens is 350 g/mol. The van der Waals surface area contributed by atoms with E-state index in [0.29, 0.717) is 6.54 Å². The van der Waals surface area contributed by atoms with Gasteiger partial charge in [-0.2, -0.15) is 0 Å². The molecule has 2 fully saturated rings. The molecule has 0 bridgehead atoms. The average Bonchev–Trinajstić information content (AvgIpc) is 3.29. The molecule has 1 aromatic carbocycles. The van der Waals surface area contributed by atoms with E-state index in [1.54, 1.807) is 18.6 Å². The maximum Gasteiger partial charge on any atom is 0.227 e. The molecule has 6 heteroatoms. The summed E-state index contributed by atoms with van der Waals surface area (Å²) in [4.78, 5) is 28.3. The Morgan fingerprint density at radius 2 is 1.89 bits per heavy atom. The molecule has 0 radical (unpaired) electrons. The van der Waals surface area contributed by atoms with Crippen LogP contribution < -0.4 is 9.80 Å². The second kappa shape index (κ2) is 8.59. The van der Waals surface area contributed by atoms with Gasteiger partial charge in [-0.1, -0.05) is 18.2 Å². The lowest BCUT2D eigenvalue weighted by Gasteiger charge is -2.34. The van der Waals surface area contributed by atoms with Gasteiger partial charge < -0.3 is 14.7 Å². The minimum Gasteiger partial charge on any atom is -0.371 e. The van der Waals surface area contributed by atoms with Gasteiger partial charge in [0, 0.05) is 57.9 Å². The molecule has 2 saturated heterocycles. The minimum atomic E-state index is 0.0136. The number of hydrogen-bond donors (Lipinski definition) is 0. The van der Waals surface area contributed by atoms with E-state index < -0.39 is 0 Å². The predicted octanol–water partition coefficient (Wildman–Crippen LogP) is 2.95. The zero-order valence-corrected chi connectivity index (χ0v) is 16.6. The zero-order valence-electron chi connectivity index (χ0n) is 16.6. The lowest BCUT2D eigenvalue weighted by Crippen LogP contribution is -2.44. The highest BCUT2D eigenvalue weighted by molar-refractivity contribution is 5.79. The highest BCUT2D eigenvalue weighted by atomic mass is 16.2. The first-order valence-corrected chi connectivity index (χ1v) is 10.3. The van der Waals surface area contributed by atoms with Crippen LogP contribution in [0.2, 0.25) is 0 Å². The van der Waals surface area contributed by atoms with Gasteiger partial charge >= 0.3 is 0 Å². The van der Waals surface area contributed by atoms with Gasteiger partial charge in [0.1, 0.15) is 5.82 Å². The first kappa shape index (κ1) is 18.7. The van der Waals surface area contributed by atoms with Crippen molar-refractivity contribution in [3.63, 3.8) is 0 Å². The SMILES string of the molecule is CN(Cc1ccccc1N1CCCC1)C(=O)[C@@H]1CCCN(c2cnccn2)C1. The first-order chi connectivity index (χ1) is 13.7. The molecule has 6 nitrogen and oxygen atoms in total. The van der Waals surface area contributed by atoms with Crippen LogP contribution in [0.5, 0.6) is 0 Å². The van der Waals surface area contributed by atoms with Crippen LogP contribution in [0.3, 0.4) is 0 Å². The summed E-state index contributed by atoms with van der Waals surface area (Å²) in [6.07, 6.45) is 9.62. The fraction of sp³-hybridized carbons (Fsp3) is 0.500. The summed E-state index contributed by atoms with van der Waals surface area (Å²) in [5, 5.41) is 0. The second-order valence-corrected chi connectivity index (χ2v) is 7.87. The fourth-order valence-corrected chi connectivity index (χ4v) is 4.40. The predicted molar refractivity (Wildman–Crippen MR) is 111 cm³/mol. The summed E-state index contributed by atoms with van der Waals surface area (Å²) in [6, 6.07) is 8.52. The number of aromatic nitrogens is 2. The standard InChI is InChI=1S/C22H29N5O/c1-25(16-18-7-2-3-9-20(18)26-12-4-5-13-26)22(28)19-8-6-14-27(17-19)21-15-23-10-11-24-21/h2-3,7,9-11,15,19H,4-6,8,12-14,16-17H2,1H3/t19-/m1/s1. The molecule has 28 heavy (non-hydrogen) atoms. The van der Waals surface area contributed by atoms with Gasteiger partial charge in [0.2, 0.25) is 5.91 Å². The van der Waals surface area contributed by atoms with Crippen LogP contribution in [0.25, 0.3) is 0 Å². The molecular formula is C22H29N5O. The van der Waals surface area contributed by atoms with E-state index in [9.17, 15) is 4.79 Å². The van der Waals surface area contributed by atoms with Crippen LogP contribution in [-0.4, -0.2) is 54.0 Å². The van der Waals surface area contributed by atoms with Crippen LogP contribution >= 0.6 is 0 Å². The molecule has 0 spiro atoms. The molecule has 0 unspecified atom stereocenters. The van der Waals surface area contributed by atoms with Crippen molar-refractivity contribution < 1.29 is 4.79 Å². The van der Waals surface area contributed by atoms with Gasteiger partial charge in [0.05, 0.1) is 12.1 Å². The number of rotatable bonds is 5. The lowest BCUT2D eigenvalue weighted by molar-refractivity contribution is -0.135. The third-order valence-electron chi connectivity index (χ3n) is 5.87. The van der Waals surface area contributed by atoms with Gasteiger partial charge in [-0.05, 0) is 37.3 Å². The molecule has 2 aromatic rings. The molecule has 0 N–H and O–H groups in total. The maximum absolute atomic E-state index is 13.2. The van der Waals surface area contributed by atoms with E-state index in [1.165, 1.54) is 24.1 Å². The lowest BCUT2D eigenvalue weighted by atomic mass is 9.96. The van der Waals surface area contributed by atoms with Gasteiger partial charge in [-0.15, -0.1) is 0 Å². The highest BCUT2D eigenvalue weighted by Crippen LogP contribution is 2.27. The number of amides is 1.